The van der Waals surface area contributed by atoms with Gasteiger partial charge in [-0.15, -0.1) is 0 Å². The van der Waals surface area contributed by atoms with E-state index in [0.717, 1.165) is 13.1 Å². The van der Waals surface area contributed by atoms with E-state index < -0.39 is 18.4 Å². The molecule has 2 rings (SSSR count). The van der Waals surface area contributed by atoms with Crippen LogP contribution in [-0.4, -0.2) is 22.9 Å². The van der Waals surface area contributed by atoms with Crippen LogP contribution in [0, 0.1) is 5.82 Å². The number of unbranched alkanes of at least 4 members (excludes halogenated alkanes) is 5. The normalized spacial score (nSPS) is 11.5. The van der Waals surface area contributed by atoms with Crippen LogP contribution in [0.2, 0.25) is 13.3 Å². The van der Waals surface area contributed by atoms with Crippen LogP contribution in [0.1, 0.15) is 72.1 Å². The zero-order valence-electron chi connectivity index (χ0n) is 19.4. The number of aryl methyl sites for hydroxylation is 2. The fourth-order valence-electron chi connectivity index (χ4n) is 4.51. The quantitative estimate of drug-likeness (QED) is 0.171. The molecule has 0 amide bonds. The Balaban J connectivity index is 0.00000450. The van der Waals surface area contributed by atoms with E-state index in [4.69, 9.17) is 0 Å². The van der Waals surface area contributed by atoms with Gasteiger partial charge in [0, 0.05) is 0 Å². The summed E-state index contributed by atoms with van der Waals surface area (Å²) in [7, 11) is 0. The first kappa shape index (κ1) is 27.7. The number of hydrogen-bond acceptors (Lipinski definition) is 0. The maximum atomic E-state index is 13.6. The summed E-state index contributed by atoms with van der Waals surface area (Å²) in [5.74, 6) is -0.0886. The minimum absolute atomic E-state index is 0. The molecule has 0 saturated carbocycles. The molecule has 0 aliphatic carbocycles. The molecule has 0 saturated heterocycles. The molecule has 0 spiro atoms. The maximum absolute atomic E-state index is 13.6. The van der Waals surface area contributed by atoms with Crippen LogP contribution in [0.5, 0.6) is 0 Å². The van der Waals surface area contributed by atoms with Gasteiger partial charge in [0.2, 0.25) is 0 Å². The number of aromatic nitrogens is 2. The molecule has 1 heterocycles. The summed E-state index contributed by atoms with van der Waals surface area (Å²) in [5.41, 5.74) is 0. The maximum Gasteiger partial charge on any atom is -1.00 e. The summed E-state index contributed by atoms with van der Waals surface area (Å²) in [5, 5.41) is 0. The van der Waals surface area contributed by atoms with Gasteiger partial charge in [-0.25, -0.2) is 0 Å². The topological polar surface area (TPSA) is 8.81 Å². The second-order valence-corrected chi connectivity index (χ2v) is 21.9. The van der Waals surface area contributed by atoms with Gasteiger partial charge in [0.15, 0.2) is 0 Å². The Kier molecular flexibility index (Phi) is 14.2. The second kappa shape index (κ2) is 15.4. The molecule has 2 nitrogen and oxygen atoms in total. The van der Waals surface area contributed by atoms with Crippen LogP contribution >= 0.6 is 0 Å². The first-order valence-corrected chi connectivity index (χ1v) is 19.4. The third-order valence-corrected chi connectivity index (χ3v) is 22.1. The molecule has 0 N–H and O–H groups in total. The molecule has 1 aromatic heterocycles. The molecular weight excluding hydrogens is 546 g/mol. The summed E-state index contributed by atoms with van der Waals surface area (Å²) in [6.07, 6.45) is 17.1. The Morgan fingerprint density at radius 3 is 2.00 bits per heavy atom. The van der Waals surface area contributed by atoms with Crippen LogP contribution in [0.15, 0.2) is 43.0 Å². The van der Waals surface area contributed by atoms with Gasteiger partial charge in [-0.05, 0) is 0 Å². The van der Waals surface area contributed by atoms with Crippen LogP contribution in [0.3, 0.4) is 0 Å². The Hall–Kier alpha value is -0.361. The monoisotopic (exact) mass is 588 g/mol. The molecular formula is C25H42BrFN2Sn. The summed E-state index contributed by atoms with van der Waals surface area (Å²) in [6, 6.07) is 7.70. The summed E-state index contributed by atoms with van der Waals surface area (Å²) < 4.78 is 24.0. The van der Waals surface area contributed by atoms with Crippen molar-refractivity contribution >= 4 is 22.0 Å². The standard InChI is InChI=1S/C11H20N2.C6H4F.2C4H9.BrH.Sn/c1-3-5-6-7-8-13-10-9-12(4-2)11-13;7-6-4-2-1-3-5-6;2*1-3-4-2;;/h9-11H,1,3-8H2,2H3;2-5H;2*1,3-4H2,2H3;1H;/q+1;;;;;/p-1. The second-order valence-electron chi connectivity index (χ2n) is 8.64. The van der Waals surface area contributed by atoms with Gasteiger partial charge in [0.1, 0.15) is 0 Å². The predicted octanol–water partition coefficient (Wildman–Crippen LogP) is 3.46. The van der Waals surface area contributed by atoms with Crippen LogP contribution in [0.4, 0.5) is 4.39 Å². The molecule has 5 heteroatoms. The molecule has 0 radical (unpaired) electrons. The average molecular weight is 588 g/mol. The van der Waals surface area contributed by atoms with E-state index in [0.29, 0.717) is 0 Å². The third-order valence-electron chi connectivity index (χ3n) is 6.41. The molecule has 30 heavy (non-hydrogen) atoms. The van der Waals surface area contributed by atoms with Gasteiger partial charge in [-0.3, -0.25) is 0 Å². The van der Waals surface area contributed by atoms with Crippen molar-refractivity contribution in [2.24, 2.45) is 0 Å². The van der Waals surface area contributed by atoms with Crippen molar-refractivity contribution in [1.29, 1.82) is 0 Å². The molecule has 0 fully saturated rings. The third kappa shape index (κ3) is 9.02. The Morgan fingerprint density at radius 1 is 0.833 bits per heavy atom. The average Bonchev–Trinajstić information content (AvgIpc) is 3.21. The molecule has 0 unspecified atom stereocenters. The van der Waals surface area contributed by atoms with Crippen molar-refractivity contribution in [2.45, 2.75) is 98.5 Å². The molecule has 0 bridgehead atoms. The Morgan fingerprint density at radius 2 is 1.43 bits per heavy atom. The summed E-state index contributed by atoms with van der Waals surface area (Å²) in [4.78, 5) is 0. The fraction of sp³-hybridized carbons (Fsp3) is 0.640. The van der Waals surface area contributed by atoms with Crippen LogP contribution in [-0.2, 0) is 13.1 Å². The number of hydrogen-bond donors (Lipinski definition) is 0. The van der Waals surface area contributed by atoms with E-state index >= 15 is 0 Å². The van der Waals surface area contributed by atoms with E-state index in [1.807, 2.05) is 0 Å². The first-order chi connectivity index (χ1) is 14.1. The van der Waals surface area contributed by atoms with Gasteiger partial charge in [0.25, 0.3) is 0 Å². The predicted molar refractivity (Wildman–Crippen MR) is 125 cm³/mol. The van der Waals surface area contributed by atoms with Crippen molar-refractivity contribution in [3.05, 3.63) is 48.8 Å². The van der Waals surface area contributed by atoms with E-state index in [9.17, 15) is 4.39 Å². The number of nitrogens with zero attached hydrogens (tertiary/aromatic N) is 2. The molecule has 0 atom stereocenters. The number of rotatable bonds is 15. The molecule has 1 aromatic carbocycles. The van der Waals surface area contributed by atoms with E-state index in [-0.39, 0.29) is 22.8 Å². The SMILES string of the molecule is CCC[CH2][Sn]([CH2]CCC)([CH2]CCCCC[n+]1ccn(CC)c1)[c]1ccc(F)cc1.[Br-]. The van der Waals surface area contributed by atoms with Gasteiger partial charge in [0.05, 0.1) is 0 Å². The summed E-state index contributed by atoms with van der Waals surface area (Å²) >= 11 is -2.44. The van der Waals surface area contributed by atoms with Crippen molar-refractivity contribution in [3.63, 3.8) is 0 Å². The minimum Gasteiger partial charge on any atom is -1.00 e. The number of benzene rings is 1. The van der Waals surface area contributed by atoms with Gasteiger partial charge in [-0.2, -0.15) is 0 Å². The molecule has 0 aliphatic rings. The van der Waals surface area contributed by atoms with Crippen molar-refractivity contribution < 1.29 is 25.9 Å². The van der Waals surface area contributed by atoms with Gasteiger partial charge in [-0.1, -0.05) is 0 Å². The molecule has 0 aliphatic heterocycles. The van der Waals surface area contributed by atoms with Crippen molar-refractivity contribution in [3.8, 4) is 0 Å². The van der Waals surface area contributed by atoms with Crippen LogP contribution < -0.4 is 25.1 Å². The van der Waals surface area contributed by atoms with Crippen LogP contribution in [0.25, 0.3) is 0 Å². The largest absolute Gasteiger partial charge is 1.00 e. The Labute approximate surface area is 198 Å². The number of halogens is 2. The van der Waals surface area contributed by atoms with E-state index in [2.05, 4.69) is 60.8 Å². The first-order valence-electron chi connectivity index (χ1n) is 11.9. The fourth-order valence-corrected chi connectivity index (χ4v) is 20.1. The van der Waals surface area contributed by atoms with Gasteiger partial charge < -0.3 is 17.0 Å². The molecule has 2 aromatic rings. The number of imidazole rings is 1. The smallest absolute Gasteiger partial charge is 1.00 e. The zero-order chi connectivity index (χ0) is 21.0. The van der Waals surface area contributed by atoms with E-state index in [1.165, 1.54) is 64.7 Å². The Bertz CT molecular complexity index is 679. The molecule has 170 valence electrons. The summed E-state index contributed by atoms with van der Waals surface area (Å²) in [6.45, 7) is 8.97. The van der Waals surface area contributed by atoms with Crippen molar-refractivity contribution in [2.75, 3.05) is 0 Å². The zero-order valence-corrected chi connectivity index (χ0v) is 23.8. The van der Waals surface area contributed by atoms with E-state index in [1.54, 1.807) is 15.7 Å². The minimum atomic E-state index is -2.44. The van der Waals surface area contributed by atoms with Gasteiger partial charge >= 0.3 is 183 Å². The van der Waals surface area contributed by atoms with Crippen molar-refractivity contribution in [1.82, 2.24) is 4.57 Å².